The van der Waals surface area contributed by atoms with Gasteiger partial charge in [-0.1, -0.05) is 12.1 Å². The average molecular weight is 467 g/mol. The summed E-state index contributed by atoms with van der Waals surface area (Å²) in [6.07, 6.45) is 0. The highest BCUT2D eigenvalue weighted by Gasteiger charge is 2.22. The Morgan fingerprint density at radius 1 is 1.03 bits per heavy atom. The third-order valence-electron chi connectivity index (χ3n) is 4.78. The number of thiophene rings is 1. The number of hydrogen-bond acceptors (Lipinski definition) is 7. The summed E-state index contributed by atoms with van der Waals surface area (Å²) in [5, 5.41) is 4.55. The van der Waals surface area contributed by atoms with Gasteiger partial charge in [0.1, 0.15) is 13.2 Å². The molecule has 1 aliphatic heterocycles. The molecule has 0 bridgehead atoms. The molecule has 170 valence electrons. The van der Waals surface area contributed by atoms with Gasteiger partial charge in [-0.15, -0.1) is 11.3 Å². The number of ether oxygens (including phenoxy) is 3. The standard InChI is InChI=1S/C24H22N2O6S/c1-16(27)25-18-5-2-4-17(12-18)24(29)32-15-23(28)26(14-20-6-3-11-33-20)19-7-8-21-22(13-19)31-10-9-30-21/h2-8,11-13H,9-10,14-15H2,1H3,(H,25,27). The summed E-state index contributed by atoms with van der Waals surface area (Å²) in [6, 6.07) is 15.5. The molecule has 0 unspecified atom stereocenters. The van der Waals surface area contributed by atoms with Crippen LogP contribution in [0.25, 0.3) is 0 Å². The van der Waals surface area contributed by atoms with Crippen molar-refractivity contribution in [3.8, 4) is 11.5 Å². The van der Waals surface area contributed by atoms with Crippen LogP contribution in [0, 0.1) is 0 Å². The summed E-state index contributed by atoms with van der Waals surface area (Å²) in [4.78, 5) is 39.4. The Morgan fingerprint density at radius 2 is 1.85 bits per heavy atom. The molecule has 0 fully saturated rings. The Morgan fingerprint density at radius 3 is 2.61 bits per heavy atom. The van der Waals surface area contributed by atoms with Gasteiger partial charge in [-0.05, 0) is 41.8 Å². The minimum Gasteiger partial charge on any atom is -0.486 e. The molecular weight excluding hydrogens is 444 g/mol. The lowest BCUT2D eigenvalue weighted by Crippen LogP contribution is -2.34. The first-order chi connectivity index (χ1) is 16.0. The van der Waals surface area contributed by atoms with Gasteiger partial charge < -0.3 is 24.4 Å². The third-order valence-corrected chi connectivity index (χ3v) is 5.64. The summed E-state index contributed by atoms with van der Waals surface area (Å²) in [6.45, 7) is 2.17. The van der Waals surface area contributed by atoms with Crippen molar-refractivity contribution in [1.29, 1.82) is 0 Å². The zero-order valence-corrected chi connectivity index (χ0v) is 18.7. The van der Waals surface area contributed by atoms with Crippen molar-refractivity contribution in [2.75, 3.05) is 30.0 Å². The van der Waals surface area contributed by atoms with Crippen molar-refractivity contribution >= 4 is 40.5 Å². The zero-order chi connectivity index (χ0) is 23.2. The number of rotatable bonds is 7. The van der Waals surface area contributed by atoms with Gasteiger partial charge in [-0.25, -0.2) is 4.79 Å². The van der Waals surface area contributed by atoms with Crippen LogP contribution in [0.2, 0.25) is 0 Å². The third kappa shape index (κ3) is 5.69. The second kappa shape index (κ2) is 10.2. The first-order valence-corrected chi connectivity index (χ1v) is 11.1. The minimum absolute atomic E-state index is 0.234. The number of esters is 1. The maximum absolute atomic E-state index is 13.1. The van der Waals surface area contributed by atoms with Crippen LogP contribution in [0.4, 0.5) is 11.4 Å². The number of nitrogens with one attached hydrogen (secondary N) is 1. The zero-order valence-electron chi connectivity index (χ0n) is 17.9. The monoisotopic (exact) mass is 466 g/mol. The van der Waals surface area contributed by atoms with Crippen molar-refractivity contribution in [2.45, 2.75) is 13.5 Å². The van der Waals surface area contributed by atoms with Gasteiger partial charge in [0.15, 0.2) is 18.1 Å². The van der Waals surface area contributed by atoms with Crippen LogP contribution in [-0.2, 0) is 20.9 Å². The number of hydrogen-bond donors (Lipinski definition) is 1. The van der Waals surface area contributed by atoms with Gasteiger partial charge >= 0.3 is 5.97 Å². The molecule has 1 N–H and O–H groups in total. The second-order valence-electron chi connectivity index (χ2n) is 7.23. The van der Waals surface area contributed by atoms with Gasteiger partial charge in [0.25, 0.3) is 5.91 Å². The molecule has 2 amide bonds. The van der Waals surface area contributed by atoms with Gasteiger partial charge in [0.2, 0.25) is 5.91 Å². The van der Waals surface area contributed by atoms with Crippen molar-refractivity contribution in [3.63, 3.8) is 0 Å². The Bertz CT molecular complexity index is 1160. The van der Waals surface area contributed by atoms with Crippen molar-refractivity contribution < 1.29 is 28.6 Å². The average Bonchev–Trinajstić information content (AvgIpc) is 3.33. The van der Waals surface area contributed by atoms with Crippen LogP contribution < -0.4 is 19.7 Å². The van der Waals surface area contributed by atoms with E-state index in [-0.39, 0.29) is 17.4 Å². The van der Waals surface area contributed by atoms with E-state index in [4.69, 9.17) is 14.2 Å². The van der Waals surface area contributed by atoms with Gasteiger partial charge in [-0.2, -0.15) is 0 Å². The number of amides is 2. The second-order valence-corrected chi connectivity index (χ2v) is 8.26. The number of fused-ring (bicyclic) bond motifs is 1. The van der Waals surface area contributed by atoms with E-state index in [1.54, 1.807) is 41.3 Å². The first-order valence-electron chi connectivity index (χ1n) is 10.3. The molecule has 4 rings (SSSR count). The van der Waals surface area contributed by atoms with Crippen LogP contribution in [0.3, 0.4) is 0 Å². The van der Waals surface area contributed by atoms with Gasteiger partial charge in [0, 0.05) is 29.2 Å². The highest BCUT2D eigenvalue weighted by molar-refractivity contribution is 7.09. The van der Waals surface area contributed by atoms with Gasteiger partial charge in [-0.3, -0.25) is 9.59 Å². The van der Waals surface area contributed by atoms with Crippen LogP contribution >= 0.6 is 11.3 Å². The van der Waals surface area contributed by atoms with Gasteiger partial charge in [0.05, 0.1) is 12.1 Å². The van der Waals surface area contributed by atoms with E-state index in [2.05, 4.69) is 5.32 Å². The molecule has 0 saturated heterocycles. The van der Waals surface area contributed by atoms with Crippen molar-refractivity contribution in [3.05, 3.63) is 70.4 Å². The molecule has 8 nitrogen and oxygen atoms in total. The molecule has 9 heteroatoms. The van der Waals surface area contributed by atoms with Crippen LogP contribution in [0.15, 0.2) is 60.0 Å². The van der Waals surface area contributed by atoms with E-state index in [1.807, 2.05) is 17.5 Å². The number of benzene rings is 2. The fraction of sp³-hybridized carbons (Fsp3) is 0.208. The number of nitrogens with zero attached hydrogens (tertiary/aromatic N) is 1. The van der Waals surface area contributed by atoms with Crippen molar-refractivity contribution in [1.82, 2.24) is 0 Å². The van der Waals surface area contributed by atoms with E-state index in [0.29, 0.717) is 42.6 Å². The Hall–Kier alpha value is -3.85. The highest BCUT2D eigenvalue weighted by Crippen LogP contribution is 2.34. The Labute approximate surface area is 194 Å². The van der Waals surface area contributed by atoms with E-state index in [1.165, 1.54) is 24.3 Å². The molecule has 0 radical (unpaired) electrons. The SMILES string of the molecule is CC(=O)Nc1cccc(C(=O)OCC(=O)N(Cc2cccs2)c2ccc3c(c2)OCCO3)c1. The lowest BCUT2D eigenvalue weighted by molar-refractivity contribution is -0.121. The van der Waals surface area contributed by atoms with E-state index in [0.717, 1.165) is 4.88 Å². The molecule has 1 aromatic heterocycles. The van der Waals surface area contributed by atoms with Crippen LogP contribution in [0.1, 0.15) is 22.2 Å². The summed E-state index contributed by atoms with van der Waals surface area (Å²) in [5.41, 5.74) is 1.32. The fourth-order valence-electron chi connectivity index (χ4n) is 3.30. The summed E-state index contributed by atoms with van der Waals surface area (Å²) >= 11 is 1.53. The molecule has 0 atom stereocenters. The lowest BCUT2D eigenvalue weighted by atomic mass is 10.2. The summed E-state index contributed by atoms with van der Waals surface area (Å²) < 4.78 is 16.5. The topological polar surface area (TPSA) is 94.2 Å². The number of carbonyl (C=O) groups is 3. The van der Waals surface area contributed by atoms with E-state index < -0.39 is 12.6 Å². The molecule has 0 saturated carbocycles. The Kier molecular flexibility index (Phi) is 6.89. The smallest absolute Gasteiger partial charge is 0.338 e. The molecule has 2 aromatic carbocycles. The maximum atomic E-state index is 13.1. The maximum Gasteiger partial charge on any atom is 0.338 e. The quantitative estimate of drug-likeness (QED) is 0.532. The molecule has 3 aromatic rings. The minimum atomic E-state index is -0.659. The molecule has 0 aliphatic carbocycles. The number of anilines is 2. The first kappa shape index (κ1) is 22.3. The van der Waals surface area contributed by atoms with Crippen molar-refractivity contribution in [2.24, 2.45) is 0 Å². The number of carbonyl (C=O) groups excluding carboxylic acids is 3. The van der Waals surface area contributed by atoms with Crippen LogP contribution in [0.5, 0.6) is 11.5 Å². The van der Waals surface area contributed by atoms with E-state index >= 15 is 0 Å². The largest absolute Gasteiger partial charge is 0.486 e. The fourth-order valence-corrected chi connectivity index (χ4v) is 3.99. The molecule has 1 aliphatic rings. The molecule has 33 heavy (non-hydrogen) atoms. The highest BCUT2D eigenvalue weighted by atomic mass is 32.1. The predicted molar refractivity (Wildman–Crippen MR) is 124 cm³/mol. The molecule has 2 heterocycles. The predicted octanol–water partition coefficient (Wildman–Crippen LogP) is 3.87. The van der Waals surface area contributed by atoms with Crippen LogP contribution in [-0.4, -0.2) is 37.6 Å². The molecular formula is C24H22N2O6S. The Balaban J connectivity index is 1.49. The summed E-state index contributed by atoms with van der Waals surface area (Å²) in [7, 11) is 0. The summed E-state index contributed by atoms with van der Waals surface area (Å²) in [5.74, 6) is -0.104. The van der Waals surface area contributed by atoms with E-state index in [9.17, 15) is 14.4 Å². The molecule has 0 spiro atoms. The normalized spacial score (nSPS) is 12.0. The lowest BCUT2D eigenvalue weighted by Gasteiger charge is -2.25.